The fraction of sp³-hybridized carbons (Fsp3) is 0.485. The normalized spacial score (nSPS) is 18.7. The number of allylic oxidation sites excluding steroid dienone is 2. The number of benzene rings is 1. The van der Waals surface area contributed by atoms with E-state index in [-0.39, 0.29) is 6.17 Å². The zero-order valence-corrected chi connectivity index (χ0v) is 26.5. The van der Waals surface area contributed by atoms with Crippen LogP contribution >= 0.6 is 11.6 Å². The van der Waals surface area contributed by atoms with E-state index in [1.165, 1.54) is 16.7 Å². The van der Waals surface area contributed by atoms with Crippen LogP contribution in [0.25, 0.3) is 0 Å². The quantitative estimate of drug-likeness (QED) is 0.281. The van der Waals surface area contributed by atoms with Gasteiger partial charge in [0.05, 0.1) is 16.9 Å². The average molecular weight is 581 g/mol. The number of anilines is 2. The Morgan fingerprint density at radius 3 is 2.51 bits per heavy atom. The molecule has 0 spiro atoms. The van der Waals surface area contributed by atoms with Gasteiger partial charge >= 0.3 is 0 Å². The van der Waals surface area contributed by atoms with Gasteiger partial charge in [0.2, 0.25) is 6.41 Å². The van der Waals surface area contributed by atoms with Crippen LogP contribution in [-0.2, 0) is 24.2 Å². The van der Waals surface area contributed by atoms with E-state index in [1.54, 1.807) is 6.08 Å². The minimum absolute atomic E-state index is 0.176. The van der Waals surface area contributed by atoms with Crippen molar-refractivity contribution >= 4 is 35.2 Å². The van der Waals surface area contributed by atoms with Crippen LogP contribution in [0.1, 0.15) is 64.2 Å². The maximum absolute atomic E-state index is 11.0. The van der Waals surface area contributed by atoms with Crippen molar-refractivity contribution in [3.63, 3.8) is 0 Å². The molecule has 0 radical (unpaired) electrons. The first-order chi connectivity index (χ1) is 19.8. The molecule has 2 aliphatic rings. The van der Waals surface area contributed by atoms with Crippen LogP contribution in [-0.4, -0.2) is 59.9 Å². The van der Waals surface area contributed by atoms with E-state index >= 15 is 0 Å². The van der Waals surface area contributed by atoms with E-state index in [2.05, 4.69) is 58.4 Å². The van der Waals surface area contributed by atoms with Crippen molar-refractivity contribution in [3.8, 4) is 0 Å². The number of hydrogen-bond donors (Lipinski definition) is 2. The molecule has 2 aliphatic heterocycles. The van der Waals surface area contributed by atoms with Gasteiger partial charge in [0.1, 0.15) is 12.0 Å². The lowest BCUT2D eigenvalue weighted by molar-refractivity contribution is -0.119. The van der Waals surface area contributed by atoms with Crippen molar-refractivity contribution in [1.82, 2.24) is 14.8 Å². The van der Waals surface area contributed by atoms with Gasteiger partial charge in [-0.15, -0.1) is 6.58 Å². The number of amidine groups is 1. The standard InChI is InChI=1S/C28H37ClN6O.C3H6.C2H6/c1-4-27(29)28-32-20(2)31-26-13-22(15-30-16-26)5-6-23-14-25(33-28)8-7-24(23)18-34(3)17-21-9-11-35(19-36)12-10-21;1-3-2;1-2/h4,7-8,13-16,19-21,31H,5-6,9-12,17-18H2,1-3H3,(H,32,33);3H,1H2,2H3;1-2H3/b27-4+;;. The summed E-state index contributed by atoms with van der Waals surface area (Å²) in [5, 5.41) is 7.44. The number of amides is 1. The van der Waals surface area contributed by atoms with Gasteiger partial charge < -0.3 is 20.4 Å². The van der Waals surface area contributed by atoms with Crippen molar-refractivity contribution in [3.05, 3.63) is 77.1 Å². The summed E-state index contributed by atoms with van der Waals surface area (Å²) in [6.45, 7) is 16.8. The molecule has 1 amide bonds. The molecule has 4 bridgehead atoms. The molecule has 224 valence electrons. The van der Waals surface area contributed by atoms with Crippen LogP contribution in [0.15, 0.2) is 65.4 Å². The molecule has 8 heteroatoms. The van der Waals surface area contributed by atoms with E-state index in [0.717, 1.165) is 69.6 Å². The molecule has 3 heterocycles. The van der Waals surface area contributed by atoms with Gasteiger partial charge in [-0.05, 0) is 94.3 Å². The summed E-state index contributed by atoms with van der Waals surface area (Å²) in [5.41, 5.74) is 5.76. The first-order valence-corrected chi connectivity index (χ1v) is 15.2. The second-order valence-corrected chi connectivity index (χ2v) is 10.7. The maximum atomic E-state index is 11.0. The Labute approximate surface area is 252 Å². The molecule has 7 nitrogen and oxygen atoms in total. The van der Waals surface area contributed by atoms with Crippen molar-refractivity contribution in [2.45, 2.75) is 73.0 Å². The molecule has 1 saturated heterocycles. The largest absolute Gasteiger partial charge is 0.363 e. The van der Waals surface area contributed by atoms with Crippen LogP contribution in [0.5, 0.6) is 0 Å². The highest BCUT2D eigenvalue weighted by Crippen LogP contribution is 2.24. The van der Waals surface area contributed by atoms with Gasteiger partial charge in [0.15, 0.2) is 0 Å². The number of likely N-dealkylation sites (tertiary alicyclic amines) is 1. The Bertz CT molecular complexity index is 1160. The molecule has 1 unspecified atom stereocenters. The van der Waals surface area contributed by atoms with Crippen LogP contribution in [0, 0.1) is 5.92 Å². The number of carbonyl (C=O) groups is 1. The molecule has 4 rings (SSSR count). The van der Waals surface area contributed by atoms with Crippen molar-refractivity contribution in [2.24, 2.45) is 10.9 Å². The van der Waals surface area contributed by atoms with Crippen LogP contribution in [0.4, 0.5) is 11.4 Å². The average Bonchev–Trinajstić information content (AvgIpc) is 2.98. The fourth-order valence-electron chi connectivity index (χ4n) is 5.00. The molecule has 0 saturated carbocycles. The third-order valence-electron chi connectivity index (χ3n) is 6.93. The lowest BCUT2D eigenvalue weighted by Crippen LogP contribution is -2.37. The minimum Gasteiger partial charge on any atom is -0.363 e. The highest BCUT2D eigenvalue weighted by molar-refractivity contribution is 6.44. The Morgan fingerprint density at radius 2 is 1.85 bits per heavy atom. The number of rotatable bonds is 6. The summed E-state index contributed by atoms with van der Waals surface area (Å²) in [7, 11) is 2.20. The highest BCUT2D eigenvalue weighted by Gasteiger charge is 2.20. The third kappa shape index (κ3) is 11.3. The van der Waals surface area contributed by atoms with Gasteiger partial charge in [-0.3, -0.25) is 9.78 Å². The Hall–Kier alpha value is -3.16. The topological polar surface area (TPSA) is 72.9 Å². The number of carbonyl (C=O) groups excluding carboxylic acids is 1. The van der Waals surface area contributed by atoms with E-state index in [9.17, 15) is 4.79 Å². The monoisotopic (exact) mass is 580 g/mol. The molecular formula is C33H49ClN6O. The van der Waals surface area contributed by atoms with Gasteiger partial charge in [0, 0.05) is 38.1 Å². The second kappa shape index (κ2) is 18.3. The summed E-state index contributed by atoms with van der Waals surface area (Å²) in [6, 6.07) is 8.72. The Kier molecular flexibility index (Phi) is 15.2. The number of nitrogens with zero attached hydrogens (tertiary/aromatic N) is 4. The first kappa shape index (κ1) is 34.0. The van der Waals surface area contributed by atoms with E-state index in [4.69, 9.17) is 16.6 Å². The van der Waals surface area contributed by atoms with E-state index in [0.29, 0.717) is 16.8 Å². The number of hydrogen-bond acceptors (Lipinski definition) is 6. The lowest BCUT2D eigenvalue weighted by atomic mass is 9.95. The zero-order valence-electron chi connectivity index (χ0n) is 25.8. The van der Waals surface area contributed by atoms with Crippen LogP contribution in [0.3, 0.4) is 0 Å². The van der Waals surface area contributed by atoms with Gasteiger partial charge in [0.25, 0.3) is 0 Å². The summed E-state index contributed by atoms with van der Waals surface area (Å²) in [6.07, 6.45) is 12.1. The fourth-order valence-corrected chi connectivity index (χ4v) is 5.10. The molecule has 1 atom stereocenters. The third-order valence-corrected chi connectivity index (χ3v) is 7.33. The number of aliphatic imine (C=N–C) groups is 1. The van der Waals surface area contributed by atoms with Crippen molar-refractivity contribution < 1.29 is 4.79 Å². The molecule has 2 N–H and O–H groups in total. The van der Waals surface area contributed by atoms with Crippen molar-refractivity contribution in [1.29, 1.82) is 0 Å². The van der Waals surface area contributed by atoms with Gasteiger partial charge in [-0.25, -0.2) is 4.99 Å². The molecule has 2 aromatic rings. The number of fused-ring (bicyclic) bond motifs is 4. The maximum Gasteiger partial charge on any atom is 0.209 e. The molecule has 41 heavy (non-hydrogen) atoms. The summed E-state index contributed by atoms with van der Waals surface area (Å²) < 4.78 is 0. The molecule has 1 aromatic carbocycles. The Morgan fingerprint density at radius 1 is 1.15 bits per heavy atom. The van der Waals surface area contributed by atoms with Crippen molar-refractivity contribution in [2.75, 3.05) is 37.3 Å². The second-order valence-electron chi connectivity index (χ2n) is 10.3. The molecular weight excluding hydrogens is 532 g/mol. The Balaban J connectivity index is 0.00000110. The SMILES string of the molecule is C/C=C(Cl)\C1=N/C(C)Nc2cncc(c2)CCc2cc(ccc2CN(C)CC2CCN(C=O)CC2)N1.C=CC.CC. The predicted molar refractivity (Wildman–Crippen MR) is 176 cm³/mol. The van der Waals surface area contributed by atoms with Crippen LogP contribution in [0.2, 0.25) is 0 Å². The lowest BCUT2D eigenvalue weighted by Gasteiger charge is -2.32. The number of piperidine rings is 1. The molecule has 1 aromatic heterocycles. The molecule has 0 aliphatic carbocycles. The summed E-state index contributed by atoms with van der Waals surface area (Å²) in [5.74, 6) is 1.27. The number of aryl methyl sites for hydroxylation is 2. The summed E-state index contributed by atoms with van der Waals surface area (Å²) >= 11 is 6.52. The number of halogens is 1. The van der Waals surface area contributed by atoms with Gasteiger partial charge in [-0.1, -0.05) is 43.7 Å². The first-order valence-electron chi connectivity index (χ1n) is 14.8. The van der Waals surface area contributed by atoms with E-state index in [1.807, 2.05) is 58.0 Å². The smallest absolute Gasteiger partial charge is 0.209 e. The van der Waals surface area contributed by atoms with Crippen LogP contribution < -0.4 is 10.6 Å². The zero-order chi connectivity index (χ0) is 30.2. The van der Waals surface area contributed by atoms with E-state index < -0.39 is 0 Å². The highest BCUT2D eigenvalue weighted by atomic mass is 35.5. The molecule has 1 fully saturated rings. The number of nitrogens with one attached hydrogen (secondary N) is 2. The number of pyridine rings is 1. The van der Waals surface area contributed by atoms with Gasteiger partial charge in [-0.2, -0.15) is 0 Å². The summed E-state index contributed by atoms with van der Waals surface area (Å²) in [4.78, 5) is 24.6. The minimum atomic E-state index is -0.176. The predicted octanol–water partition coefficient (Wildman–Crippen LogP) is 7.11. The number of aromatic nitrogens is 1.